The number of H-pyrrole nitrogens is 1. The number of carbonyl (C=O) groups is 1. The normalized spacial score (nSPS) is 11.9. The molecule has 144 valence electrons. The Kier molecular flexibility index (Phi) is 4.53. The molecule has 8 heteroatoms. The van der Waals surface area contributed by atoms with Crippen LogP contribution in [0.3, 0.4) is 0 Å². The Hall–Kier alpha value is -2.62. The third-order valence-corrected chi connectivity index (χ3v) is 5.21. The number of fused-ring (bicyclic) bond motifs is 2. The Bertz CT molecular complexity index is 1190. The number of rotatable bonds is 2. The van der Waals surface area contributed by atoms with E-state index < -0.39 is 11.7 Å². The van der Waals surface area contributed by atoms with Crippen LogP contribution in [-0.4, -0.2) is 38.1 Å². The molecule has 1 amide bonds. The molecule has 0 aliphatic carbocycles. The Labute approximate surface area is 175 Å². The summed E-state index contributed by atoms with van der Waals surface area (Å²) in [5.41, 5.74) is 3.81. The summed E-state index contributed by atoms with van der Waals surface area (Å²) >= 11 is 2.31. The minimum absolute atomic E-state index is 0.405. The number of aromatic amines is 1. The van der Waals surface area contributed by atoms with Crippen molar-refractivity contribution in [1.29, 1.82) is 0 Å². The van der Waals surface area contributed by atoms with Gasteiger partial charge in [0, 0.05) is 40.2 Å². The topological polar surface area (TPSA) is 75.5 Å². The molecule has 1 N–H and O–H groups in total. The summed E-state index contributed by atoms with van der Waals surface area (Å²) < 4.78 is 8.55. The fraction of sp³-hybridized carbons (Fsp3) is 0.250. The van der Waals surface area contributed by atoms with Gasteiger partial charge in [0.1, 0.15) is 11.2 Å². The van der Waals surface area contributed by atoms with Crippen molar-refractivity contribution in [2.45, 2.75) is 26.4 Å². The number of nitrogens with zero attached hydrogens (tertiary/aromatic N) is 4. The summed E-state index contributed by atoms with van der Waals surface area (Å²) in [5.74, 6) is 0. The monoisotopic (exact) mass is 489 g/mol. The smallest absolute Gasteiger partial charge is 0.414 e. The fourth-order valence-corrected chi connectivity index (χ4v) is 3.77. The van der Waals surface area contributed by atoms with Crippen LogP contribution in [-0.2, 0) is 4.74 Å². The summed E-state index contributed by atoms with van der Waals surface area (Å²) in [6.07, 6.45) is 8.92. The van der Waals surface area contributed by atoms with E-state index in [9.17, 15) is 4.79 Å². The molecule has 0 bridgehead atoms. The Morgan fingerprint density at radius 3 is 2.79 bits per heavy atom. The average Bonchev–Trinajstić information content (AvgIpc) is 3.23. The maximum absolute atomic E-state index is 12.4. The molecule has 4 aromatic rings. The zero-order chi connectivity index (χ0) is 20.1. The molecule has 4 rings (SSSR count). The standard InChI is InChI=1S/C20H20IN5O2/c1-20(2,3)28-19(27)25(4)12-5-6-17-24-10-16(26(17)11-12)13-7-22-9-15-18(13)14(21)8-23-15/h5-11,23H,1-4H3. The van der Waals surface area contributed by atoms with E-state index in [1.165, 1.54) is 4.90 Å². The highest BCUT2D eigenvalue weighted by molar-refractivity contribution is 14.1. The van der Waals surface area contributed by atoms with Crippen molar-refractivity contribution in [2.75, 3.05) is 11.9 Å². The van der Waals surface area contributed by atoms with E-state index in [4.69, 9.17) is 4.74 Å². The van der Waals surface area contributed by atoms with Crippen LogP contribution in [0.4, 0.5) is 10.5 Å². The zero-order valence-corrected chi connectivity index (χ0v) is 18.2. The number of carbonyl (C=O) groups excluding carboxylic acids is 1. The van der Waals surface area contributed by atoms with Crippen molar-refractivity contribution in [2.24, 2.45) is 0 Å². The molecule has 7 nitrogen and oxygen atoms in total. The number of anilines is 1. The van der Waals surface area contributed by atoms with E-state index in [2.05, 4.69) is 37.5 Å². The van der Waals surface area contributed by atoms with Crippen molar-refractivity contribution >= 4 is 50.9 Å². The van der Waals surface area contributed by atoms with Crippen LogP contribution >= 0.6 is 22.6 Å². The molecule has 0 spiro atoms. The van der Waals surface area contributed by atoms with Gasteiger partial charge in [0.05, 0.1) is 29.3 Å². The summed E-state index contributed by atoms with van der Waals surface area (Å²) in [5, 5.41) is 1.10. The molecule has 0 unspecified atom stereocenters. The molecule has 28 heavy (non-hydrogen) atoms. The number of pyridine rings is 2. The maximum Gasteiger partial charge on any atom is 0.414 e. The fourth-order valence-electron chi connectivity index (χ4n) is 3.04. The largest absolute Gasteiger partial charge is 0.443 e. The molecule has 0 saturated carbocycles. The highest BCUT2D eigenvalue weighted by atomic mass is 127. The second-order valence-electron chi connectivity index (χ2n) is 7.54. The number of hydrogen-bond donors (Lipinski definition) is 1. The SMILES string of the molecule is CN(C(=O)OC(C)(C)C)c1ccc2ncc(-c3cncc4[nH]cc(I)c34)n2c1. The molecule has 0 aromatic carbocycles. The highest BCUT2D eigenvalue weighted by Crippen LogP contribution is 2.32. The van der Waals surface area contributed by atoms with Gasteiger partial charge in [-0.1, -0.05) is 0 Å². The maximum atomic E-state index is 12.4. The second-order valence-corrected chi connectivity index (χ2v) is 8.71. The van der Waals surface area contributed by atoms with Gasteiger partial charge in [0.15, 0.2) is 0 Å². The van der Waals surface area contributed by atoms with Crippen molar-refractivity contribution in [3.8, 4) is 11.3 Å². The van der Waals surface area contributed by atoms with Gasteiger partial charge in [-0.15, -0.1) is 0 Å². The first-order valence-corrected chi connectivity index (χ1v) is 9.87. The number of nitrogens with one attached hydrogen (secondary N) is 1. The number of aromatic nitrogens is 4. The summed E-state index contributed by atoms with van der Waals surface area (Å²) in [7, 11) is 1.70. The summed E-state index contributed by atoms with van der Waals surface area (Å²) in [6.45, 7) is 5.55. The zero-order valence-electron chi connectivity index (χ0n) is 16.0. The number of amides is 1. The minimum atomic E-state index is -0.554. The molecule has 4 aromatic heterocycles. The van der Waals surface area contributed by atoms with Crippen LogP contribution in [0.2, 0.25) is 0 Å². The van der Waals surface area contributed by atoms with Gasteiger partial charge in [-0.05, 0) is 55.5 Å². The van der Waals surface area contributed by atoms with E-state index in [1.54, 1.807) is 7.05 Å². The van der Waals surface area contributed by atoms with E-state index in [1.807, 2.05) is 68.3 Å². The Balaban J connectivity index is 1.81. The lowest BCUT2D eigenvalue weighted by atomic mass is 10.1. The van der Waals surface area contributed by atoms with Crippen molar-refractivity contribution < 1.29 is 9.53 Å². The first-order valence-electron chi connectivity index (χ1n) is 8.79. The molecule has 0 aliphatic heterocycles. The van der Waals surface area contributed by atoms with Gasteiger partial charge in [-0.3, -0.25) is 14.3 Å². The van der Waals surface area contributed by atoms with E-state index in [0.29, 0.717) is 5.69 Å². The predicted molar refractivity (Wildman–Crippen MR) is 118 cm³/mol. The van der Waals surface area contributed by atoms with Gasteiger partial charge in [-0.25, -0.2) is 9.78 Å². The van der Waals surface area contributed by atoms with Crippen LogP contribution in [0.5, 0.6) is 0 Å². The number of ether oxygens (including phenoxy) is 1. The highest BCUT2D eigenvalue weighted by Gasteiger charge is 2.21. The van der Waals surface area contributed by atoms with Crippen LogP contribution in [0, 0.1) is 3.57 Å². The summed E-state index contributed by atoms with van der Waals surface area (Å²) in [6, 6.07) is 3.74. The van der Waals surface area contributed by atoms with Crippen molar-refractivity contribution in [1.82, 2.24) is 19.4 Å². The average molecular weight is 489 g/mol. The van der Waals surface area contributed by atoms with Crippen LogP contribution in [0.25, 0.3) is 27.8 Å². The molecule has 0 saturated heterocycles. The molecular weight excluding hydrogens is 469 g/mol. The van der Waals surface area contributed by atoms with Gasteiger partial charge >= 0.3 is 6.09 Å². The first-order chi connectivity index (χ1) is 13.2. The lowest BCUT2D eigenvalue weighted by Crippen LogP contribution is -2.34. The third kappa shape index (κ3) is 3.32. The van der Waals surface area contributed by atoms with Crippen LogP contribution in [0.15, 0.2) is 43.1 Å². The summed E-state index contributed by atoms with van der Waals surface area (Å²) in [4.78, 5) is 26.0. The Morgan fingerprint density at radius 1 is 1.25 bits per heavy atom. The van der Waals surface area contributed by atoms with Crippen molar-refractivity contribution in [3.05, 3.63) is 46.7 Å². The van der Waals surface area contributed by atoms with Crippen molar-refractivity contribution in [3.63, 3.8) is 0 Å². The first kappa shape index (κ1) is 18.7. The van der Waals surface area contributed by atoms with Crippen LogP contribution in [0.1, 0.15) is 20.8 Å². The van der Waals surface area contributed by atoms with Gasteiger partial charge in [0.2, 0.25) is 0 Å². The second kappa shape index (κ2) is 6.77. The molecule has 0 atom stereocenters. The van der Waals surface area contributed by atoms with Gasteiger partial charge < -0.3 is 9.72 Å². The molecule has 4 heterocycles. The lowest BCUT2D eigenvalue weighted by molar-refractivity contribution is 0.0589. The van der Waals surface area contributed by atoms with Gasteiger partial charge in [-0.2, -0.15) is 0 Å². The molecular formula is C20H20IN5O2. The molecule has 0 radical (unpaired) electrons. The number of imidazole rings is 1. The molecule has 0 fully saturated rings. The van der Waals surface area contributed by atoms with Crippen LogP contribution < -0.4 is 4.90 Å². The predicted octanol–water partition coefficient (Wildman–Crippen LogP) is 4.85. The van der Waals surface area contributed by atoms with E-state index in [-0.39, 0.29) is 0 Å². The Morgan fingerprint density at radius 2 is 2.04 bits per heavy atom. The number of hydrogen-bond acceptors (Lipinski definition) is 4. The lowest BCUT2D eigenvalue weighted by Gasteiger charge is -2.24. The molecule has 0 aliphatic rings. The minimum Gasteiger partial charge on any atom is -0.443 e. The van der Waals surface area contributed by atoms with Gasteiger partial charge in [0.25, 0.3) is 0 Å². The number of halogens is 1. The van der Waals surface area contributed by atoms with E-state index >= 15 is 0 Å². The third-order valence-electron chi connectivity index (χ3n) is 4.36. The van der Waals surface area contributed by atoms with E-state index in [0.717, 1.165) is 31.4 Å². The quantitative estimate of drug-likeness (QED) is 0.409.